The molecule has 6 heteroatoms. The smallest absolute Gasteiger partial charge is 0.146 e. The van der Waals surface area contributed by atoms with E-state index in [4.69, 9.17) is 4.74 Å². The fourth-order valence-electron chi connectivity index (χ4n) is 3.42. The fraction of sp³-hybridized carbons (Fsp3) is 0.647. The molecule has 2 unspecified atom stereocenters. The molecular formula is C17H25FN2O3. The maximum atomic E-state index is 13.9. The van der Waals surface area contributed by atoms with Crippen LogP contribution in [0.15, 0.2) is 24.3 Å². The number of benzene rings is 1. The van der Waals surface area contributed by atoms with Gasteiger partial charge in [-0.15, -0.1) is 0 Å². The second kappa shape index (κ2) is 6.73. The van der Waals surface area contributed by atoms with E-state index < -0.39 is 11.7 Å². The molecule has 2 atom stereocenters. The van der Waals surface area contributed by atoms with Crippen LogP contribution in [0.2, 0.25) is 0 Å². The highest BCUT2D eigenvalue weighted by molar-refractivity contribution is 5.48. The summed E-state index contributed by atoms with van der Waals surface area (Å²) in [6, 6.07) is 7.05. The topological polar surface area (TPSA) is 56.2 Å². The molecule has 0 aromatic heterocycles. The van der Waals surface area contributed by atoms with E-state index >= 15 is 0 Å². The van der Waals surface area contributed by atoms with E-state index in [1.54, 1.807) is 12.1 Å². The van der Waals surface area contributed by atoms with Gasteiger partial charge in [-0.1, -0.05) is 12.1 Å². The Balaban J connectivity index is 1.53. The van der Waals surface area contributed by atoms with Crippen LogP contribution < -0.4 is 4.90 Å². The molecule has 0 spiro atoms. The molecule has 3 rings (SSSR count). The second-order valence-corrected chi connectivity index (χ2v) is 6.82. The lowest BCUT2D eigenvalue weighted by Gasteiger charge is -2.43. The van der Waals surface area contributed by atoms with Crippen LogP contribution in [0.1, 0.15) is 13.3 Å². The summed E-state index contributed by atoms with van der Waals surface area (Å²) >= 11 is 0. The molecular weight excluding hydrogens is 299 g/mol. The summed E-state index contributed by atoms with van der Waals surface area (Å²) in [6.45, 7) is 5.44. The van der Waals surface area contributed by atoms with E-state index in [1.807, 2.05) is 6.07 Å². The Labute approximate surface area is 136 Å². The Kier molecular flexibility index (Phi) is 4.87. The molecule has 2 aliphatic rings. The van der Waals surface area contributed by atoms with Crippen molar-refractivity contribution in [3.05, 3.63) is 30.1 Å². The van der Waals surface area contributed by atoms with E-state index in [1.165, 1.54) is 6.07 Å². The van der Waals surface area contributed by atoms with Crippen LogP contribution in [-0.2, 0) is 4.74 Å². The van der Waals surface area contributed by atoms with E-state index in [0.29, 0.717) is 31.9 Å². The lowest BCUT2D eigenvalue weighted by Crippen LogP contribution is -2.56. The zero-order chi connectivity index (χ0) is 16.4. The lowest BCUT2D eigenvalue weighted by atomic mass is 9.94. The standard InChI is InChI=1S/C17H25FN2O3/c1-13-9-20(16-5-3-2-4-15(16)18)7-6-19(13)10-14(21)8-17(22)11-23-12-17/h2-5,13-14,21-22H,6-12H2,1H3. The van der Waals surface area contributed by atoms with Crippen molar-refractivity contribution in [3.63, 3.8) is 0 Å². The minimum absolute atomic E-state index is 0.194. The van der Waals surface area contributed by atoms with Crippen molar-refractivity contribution in [3.8, 4) is 0 Å². The number of hydrogen-bond acceptors (Lipinski definition) is 5. The average Bonchev–Trinajstić information content (AvgIpc) is 2.48. The summed E-state index contributed by atoms with van der Waals surface area (Å²) < 4.78 is 18.9. The van der Waals surface area contributed by atoms with Gasteiger partial charge in [-0.25, -0.2) is 4.39 Å². The van der Waals surface area contributed by atoms with Crippen molar-refractivity contribution in [2.24, 2.45) is 0 Å². The average molecular weight is 324 g/mol. The molecule has 5 nitrogen and oxygen atoms in total. The fourth-order valence-corrected chi connectivity index (χ4v) is 3.42. The highest BCUT2D eigenvalue weighted by Crippen LogP contribution is 2.25. The van der Waals surface area contributed by atoms with Crippen molar-refractivity contribution >= 4 is 5.69 Å². The van der Waals surface area contributed by atoms with Gasteiger partial charge in [0.05, 0.1) is 25.0 Å². The molecule has 0 bridgehead atoms. The first-order valence-electron chi connectivity index (χ1n) is 8.18. The van der Waals surface area contributed by atoms with Crippen LogP contribution in [0.4, 0.5) is 10.1 Å². The van der Waals surface area contributed by atoms with Crippen LogP contribution in [0, 0.1) is 5.82 Å². The number of aliphatic hydroxyl groups is 2. The van der Waals surface area contributed by atoms with E-state index in [2.05, 4.69) is 16.7 Å². The highest BCUT2D eigenvalue weighted by Gasteiger charge is 2.38. The molecule has 2 fully saturated rings. The van der Waals surface area contributed by atoms with Crippen molar-refractivity contribution in [2.75, 3.05) is 44.3 Å². The van der Waals surface area contributed by atoms with Crippen molar-refractivity contribution in [2.45, 2.75) is 31.1 Å². The third kappa shape index (κ3) is 3.83. The molecule has 128 valence electrons. The highest BCUT2D eigenvalue weighted by atomic mass is 19.1. The molecule has 0 radical (unpaired) electrons. The van der Waals surface area contributed by atoms with Crippen LogP contribution in [0.5, 0.6) is 0 Å². The van der Waals surface area contributed by atoms with Crippen molar-refractivity contribution in [1.82, 2.24) is 4.90 Å². The van der Waals surface area contributed by atoms with Gasteiger partial charge in [-0.05, 0) is 19.1 Å². The Bertz CT molecular complexity index is 538. The van der Waals surface area contributed by atoms with Gasteiger partial charge < -0.3 is 19.8 Å². The Morgan fingerprint density at radius 1 is 1.35 bits per heavy atom. The number of anilines is 1. The number of β-amino-alcohol motifs (C(OH)–C–C–N with tert-alkyl or cyclic N) is 1. The Morgan fingerprint density at radius 2 is 2.09 bits per heavy atom. The first-order valence-corrected chi connectivity index (χ1v) is 8.18. The van der Waals surface area contributed by atoms with Crippen LogP contribution in [-0.4, -0.2) is 72.3 Å². The number of halogens is 1. The van der Waals surface area contributed by atoms with Gasteiger partial charge in [0.2, 0.25) is 0 Å². The first kappa shape index (κ1) is 16.6. The van der Waals surface area contributed by atoms with Crippen molar-refractivity contribution in [1.29, 1.82) is 0 Å². The van der Waals surface area contributed by atoms with Gasteiger partial charge in [-0.2, -0.15) is 0 Å². The maximum Gasteiger partial charge on any atom is 0.146 e. The van der Waals surface area contributed by atoms with E-state index in [0.717, 1.165) is 19.6 Å². The summed E-state index contributed by atoms with van der Waals surface area (Å²) in [5.41, 5.74) is -0.224. The predicted molar refractivity (Wildman–Crippen MR) is 86.0 cm³/mol. The summed E-state index contributed by atoms with van der Waals surface area (Å²) in [6.07, 6.45) is -0.237. The molecule has 2 saturated heterocycles. The molecule has 0 aliphatic carbocycles. The monoisotopic (exact) mass is 324 g/mol. The summed E-state index contributed by atoms with van der Waals surface area (Å²) in [5.74, 6) is -0.194. The van der Waals surface area contributed by atoms with Crippen LogP contribution in [0.3, 0.4) is 0 Å². The van der Waals surface area contributed by atoms with E-state index in [9.17, 15) is 14.6 Å². The molecule has 2 aliphatic heterocycles. The summed E-state index contributed by atoms with van der Waals surface area (Å²) in [5, 5.41) is 20.3. The lowest BCUT2D eigenvalue weighted by molar-refractivity contribution is -0.193. The van der Waals surface area contributed by atoms with Gasteiger partial charge in [0.25, 0.3) is 0 Å². The number of ether oxygens (including phenoxy) is 1. The van der Waals surface area contributed by atoms with E-state index in [-0.39, 0.29) is 11.9 Å². The van der Waals surface area contributed by atoms with Crippen molar-refractivity contribution < 1.29 is 19.3 Å². The number of piperazine rings is 1. The predicted octanol–water partition coefficient (Wildman–Crippen LogP) is 0.849. The SMILES string of the molecule is CC1CN(c2ccccc2F)CCN1CC(O)CC1(O)COC1. The maximum absolute atomic E-state index is 13.9. The molecule has 2 heterocycles. The number of rotatable bonds is 5. The van der Waals surface area contributed by atoms with Gasteiger partial charge in [0, 0.05) is 38.6 Å². The number of nitrogens with zero attached hydrogens (tertiary/aromatic N) is 2. The molecule has 1 aromatic rings. The summed E-state index contributed by atoms with van der Waals surface area (Å²) in [4.78, 5) is 4.25. The Morgan fingerprint density at radius 3 is 2.70 bits per heavy atom. The minimum Gasteiger partial charge on any atom is -0.392 e. The molecule has 0 amide bonds. The molecule has 23 heavy (non-hydrogen) atoms. The third-order valence-electron chi connectivity index (χ3n) is 4.76. The molecule has 0 saturated carbocycles. The number of aliphatic hydroxyl groups excluding tert-OH is 1. The molecule has 1 aromatic carbocycles. The summed E-state index contributed by atoms with van der Waals surface area (Å²) in [7, 11) is 0. The number of hydrogen-bond donors (Lipinski definition) is 2. The largest absolute Gasteiger partial charge is 0.392 e. The second-order valence-electron chi connectivity index (χ2n) is 6.82. The zero-order valence-electron chi connectivity index (χ0n) is 13.5. The molecule has 2 N–H and O–H groups in total. The van der Waals surface area contributed by atoms with Gasteiger partial charge in [0.1, 0.15) is 11.4 Å². The number of para-hydroxylation sites is 1. The minimum atomic E-state index is -0.863. The van der Waals surface area contributed by atoms with Gasteiger partial charge in [0.15, 0.2) is 0 Å². The Hall–Kier alpha value is -1.21. The normalized spacial score (nSPS) is 25.9. The van der Waals surface area contributed by atoms with Gasteiger partial charge >= 0.3 is 0 Å². The third-order valence-corrected chi connectivity index (χ3v) is 4.76. The first-order chi connectivity index (χ1) is 11.0. The van der Waals surface area contributed by atoms with Crippen LogP contribution in [0.25, 0.3) is 0 Å². The van der Waals surface area contributed by atoms with Gasteiger partial charge in [-0.3, -0.25) is 4.90 Å². The zero-order valence-corrected chi connectivity index (χ0v) is 13.5. The quantitative estimate of drug-likeness (QED) is 0.841. The van der Waals surface area contributed by atoms with Crippen LogP contribution >= 0.6 is 0 Å².